The van der Waals surface area contributed by atoms with Gasteiger partial charge in [0.15, 0.2) is 0 Å². The third-order valence-corrected chi connectivity index (χ3v) is 4.02. The lowest BCUT2D eigenvalue weighted by molar-refractivity contribution is -0.169. The van der Waals surface area contributed by atoms with Crippen LogP contribution in [0.4, 0.5) is 0 Å². The highest BCUT2D eigenvalue weighted by Crippen LogP contribution is 2.34. The fraction of sp³-hybridized carbons (Fsp3) is 0.857. The van der Waals surface area contributed by atoms with E-state index in [0.29, 0.717) is 6.04 Å². The Morgan fingerprint density at radius 2 is 2.05 bits per heavy atom. The molecule has 116 valence electrons. The van der Waals surface area contributed by atoms with Crippen LogP contribution in [0.15, 0.2) is 0 Å². The molecule has 1 saturated carbocycles. The van der Waals surface area contributed by atoms with Crippen LogP contribution < -0.4 is 5.32 Å². The highest BCUT2D eigenvalue weighted by molar-refractivity contribution is 5.78. The van der Waals surface area contributed by atoms with Crippen molar-refractivity contribution < 1.29 is 19.4 Å². The van der Waals surface area contributed by atoms with E-state index >= 15 is 0 Å². The zero-order valence-electron chi connectivity index (χ0n) is 12.6. The topological polar surface area (TPSA) is 78.9 Å². The van der Waals surface area contributed by atoms with Crippen LogP contribution in [0, 0.1) is 0 Å². The van der Waals surface area contributed by atoms with Crippen LogP contribution in [0.25, 0.3) is 0 Å². The highest BCUT2D eigenvalue weighted by atomic mass is 16.5. The van der Waals surface area contributed by atoms with Gasteiger partial charge >= 0.3 is 0 Å². The Kier molecular flexibility index (Phi) is 6.42. The van der Waals surface area contributed by atoms with Crippen LogP contribution in [0.1, 0.15) is 39.5 Å². The maximum absolute atomic E-state index is 11.6. The molecule has 1 aliphatic carbocycles. The van der Waals surface area contributed by atoms with Gasteiger partial charge in [0.2, 0.25) is 5.91 Å². The molecule has 0 radical (unpaired) electrons. The van der Waals surface area contributed by atoms with Gasteiger partial charge in [0.25, 0.3) is 5.97 Å². The van der Waals surface area contributed by atoms with E-state index in [1.54, 1.807) is 0 Å². The fourth-order valence-electron chi connectivity index (χ4n) is 2.81. The smallest absolute Gasteiger partial charge is 0.300 e. The van der Waals surface area contributed by atoms with Crippen molar-refractivity contribution in [2.75, 3.05) is 26.7 Å². The Morgan fingerprint density at radius 1 is 1.50 bits per heavy atom. The van der Waals surface area contributed by atoms with E-state index in [4.69, 9.17) is 14.6 Å². The summed E-state index contributed by atoms with van der Waals surface area (Å²) in [5.41, 5.74) is -0.0444. The van der Waals surface area contributed by atoms with Crippen molar-refractivity contribution in [2.45, 2.75) is 51.2 Å². The van der Waals surface area contributed by atoms with Crippen LogP contribution in [0.3, 0.4) is 0 Å². The minimum atomic E-state index is -0.833. The molecule has 6 nitrogen and oxygen atoms in total. The zero-order chi connectivity index (χ0) is 15.2. The molecule has 2 rings (SSSR count). The number of carboxylic acids is 1. The zero-order valence-corrected chi connectivity index (χ0v) is 12.6. The van der Waals surface area contributed by atoms with Gasteiger partial charge in [0, 0.05) is 26.1 Å². The summed E-state index contributed by atoms with van der Waals surface area (Å²) < 4.78 is 5.82. The molecule has 1 aliphatic heterocycles. The summed E-state index contributed by atoms with van der Waals surface area (Å²) in [5, 5.41) is 10.7. The minimum Gasteiger partial charge on any atom is -0.481 e. The van der Waals surface area contributed by atoms with E-state index in [9.17, 15) is 4.79 Å². The molecule has 0 aromatic rings. The van der Waals surface area contributed by atoms with E-state index < -0.39 is 5.97 Å². The Hall–Kier alpha value is -1.14. The number of rotatable bonds is 2. The van der Waals surface area contributed by atoms with Gasteiger partial charge in [-0.25, -0.2) is 0 Å². The van der Waals surface area contributed by atoms with Gasteiger partial charge in [-0.15, -0.1) is 0 Å². The first-order chi connectivity index (χ1) is 9.42. The Balaban J connectivity index is 0.000000444. The quantitative estimate of drug-likeness (QED) is 0.787. The van der Waals surface area contributed by atoms with E-state index in [1.807, 2.05) is 18.9 Å². The second-order valence-electron chi connectivity index (χ2n) is 5.46. The molecule has 2 N–H and O–H groups in total. The number of carbonyl (C=O) groups excluding carboxylic acids is 1. The summed E-state index contributed by atoms with van der Waals surface area (Å²) in [6.07, 6.45) is 4.45. The van der Waals surface area contributed by atoms with E-state index in [1.165, 1.54) is 0 Å². The van der Waals surface area contributed by atoms with Crippen LogP contribution in [-0.2, 0) is 14.3 Å². The number of carboxylic acid groups (broad SMARTS) is 1. The van der Waals surface area contributed by atoms with Crippen LogP contribution in [0.5, 0.6) is 0 Å². The van der Waals surface area contributed by atoms with E-state index in [2.05, 4.69) is 5.32 Å². The number of hydrogen-bond donors (Lipinski definition) is 2. The van der Waals surface area contributed by atoms with E-state index in [-0.39, 0.29) is 18.1 Å². The van der Waals surface area contributed by atoms with Gasteiger partial charge in [-0.3, -0.25) is 9.59 Å². The van der Waals surface area contributed by atoms with Gasteiger partial charge in [-0.1, -0.05) is 0 Å². The Labute approximate surface area is 120 Å². The van der Waals surface area contributed by atoms with Crippen molar-refractivity contribution in [2.24, 2.45) is 0 Å². The Morgan fingerprint density at radius 3 is 2.50 bits per heavy atom. The first kappa shape index (κ1) is 16.9. The number of nitrogens with zero attached hydrogens (tertiary/aromatic N) is 1. The standard InChI is InChI=1S/C12H22N2O2.C2H4O2/c1-3-14-9-12(16-8-11(14)15)6-4-10(13-2)5-7-12;1-2(3)4/h10,13H,3-9H2,1-2H3;1H3,(H,3,4)/t10-,12-;. The highest BCUT2D eigenvalue weighted by Gasteiger charge is 2.41. The molecule has 2 aliphatic rings. The molecule has 1 spiro atoms. The molecular weight excluding hydrogens is 260 g/mol. The predicted molar refractivity (Wildman–Crippen MR) is 75.6 cm³/mol. The molecule has 0 aromatic heterocycles. The maximum atomic E-state index is 11.6. The number of carbonyl (C=O) groups is 2. The number of ether oxygens (including phenoxy) is 1. The largest absolute Gasteiger partial charge is 0.481 e. The number of hydrogen-bond acceptors (Lipinski definition) is 4. The number of likely N-dealkylation sites (N-methyl/N-ethyl adjacent to an activating group) is 1. The second kappa shape index (κ2) is 7.59. The van der Waals surface area contributed by atoms with Crippen molar-refractivity contribution in [3.63, 3.8) is 0 Å². The molecule has 1 amide bonds. The summed E-state index contributed by atoms with van der Waals surface area (Å²) in [5.74, 6) is -0.691. The number of morpholine rings is 1. The molecular formula is C14H26N2O4. The number of amides is 1. The van der Waals surface area contributed by atoms with Gasteiger partial charge in [-0.2, -0.15) is 0 Å². The number of aliphatic carboxylic acids is 1. The average Bonchev–Trinajstić information content (AvgIpc) is 2.42. The molecule has 2 fully saturated rings. The first-order valence-corrected chi connectivity index (χ1v) is 7.21. The normalized spacial score (nSPS) is 29.9. The van der Waals surface area contributed by atoms with Crippen LogP contribution >= 0.6 is 0 Å². The average molecular weight is 286 g/mol. The lowest BCUT2D eigenvalue weighted by Gasteiger charge is -2.46. The molecule has 0 aromatic carbocycles. The molecule has 1 heterocycles. The van der Waals surface area contributed by atoms with Gasteiger partial charge in [0.1, 0.15) is 6.61 Å². The van der Waals surface area contributed by atoms with Crippen molar-refractivity contribution in [1.29, 1.82) is 0 Å². The van der Waals surface area contributed by atoms with Crippen LogP contribution in [-0.4, -0.2) is 60.3 Å². The third-order valence-electron chi connectivity index (χ3n) is 4.02. The predicted octanol–water partition coefficient (Wildman–Crippen LogP) is 0.857. The van der Waals surface area contributed by atoms with Crippen molar-refractivity contribution in [1.82, 2.24) is 10.2 Å². The molecule has 0 atom stereocenters. The maximum Gasteiger partial charge on any atom is 0.300 e. The van der Waals surface area contributed by atoms with Gasteiger partial charge in [-0.05, 0) is 39.7 Å². The summed E-state index contributed by atoms with van der Waals surface area (Å²) in [6.45, 7) is 4.99. The minimum absolute atomic E-state index is 0.0444. The molecule has 1 saturated heterocycles. The third kappa shape index (κ3) is 4.76. The Bertz CT molecular complexity index is 334. The summed E-state index contributed by atoms with van der Waals surface area (Å²) in [7, 11) is 2.02. The molecule has 0 unspecified atom stereocenters. The SMILES string of the molecule is CC(=O)O.CCN1C[C@]2(CC[C@@H](NC)CC2)OCC1=O. The monoisotopic (exact) mass is 286 g/mol. The molecule has 0 bridgehead atoms. The lowest BCUT2D eigenvalue weighted by atomic mass is 9.81. The molecule has 6 heteroatoms. The summed E-state index contributed by atoms with van der Waals surface area (Å²) in [4.78, 5) is 22.5. The fourth-order valence-corrected chi connectivity index (χ4v) is 2.81. The van der Waals surface area contributed by atoms with Gasteiger partial charge in [0.05, 0.1) is 5.60 Å². The lowest BCUT2D eigenvalue weighted by Crippen LogP contribution is -2.56. The van der Waals surface area contributed by atoms with Crippen molar-refractivity contribution in [3.05, 3.63) is 0 Å². The van der Waals surface area contributed by atoms with Crippen LogP contribution in [0.2, 0.25) is 0 Å². The molecule has 20 heavy (non-hydrogen) atoms. The van der Waals surface area contributed by atoms with Crippen molar-refractivity contribution >= 4 is 11.9 Å². The number of nitrogens with one attached hydrogen (secondary N) is 1. The summed E-state index contributed by atoms with van der Waals surface area (Å²) >= 11 is 0. The van der Waals surface area contributed by atoms with Crippen molar-refractivity contribution in [3.8, 4) is 0 Å². The van der Waals surface area contributed by atoms with E-state index in [0.717, 1.165) is 45.7 Å². The first-order valence-electron chi connectivity index (χ1n) is 7.21. The second-order valence-corrected chi connectivity index (χ2v) is 5.46. The summed E-state index contributed by atoms with van der Waals surface area (Å²) in [6, 6.07) is 0.627. The van der Waals surface area contributed by atoms with Gasteiger partial charge < -0.3 is 20.1 Å².